The monoisotopic (exact) mass is 223 g/mol. The molecule has 0 amide bonds. The van der Waals surface area contributed by atoms with Crippen molar-refractivity contribution in [2.24, 2.45) is 5.92 Å². The molecular weight excluding hydrogens is 201 g/mol. The van der Waals surface area contributed by atoms with Crippen molar-refractivity contribution in [3.05, 3.63) is 36.2 Å². The lowest BCUT2D eigenvalue weighted by Crippen LogP contribution is -2.30. The van der Waals surface area contributed by atoms with Crippen LogP contribution in [-0.2, 0) is 0 Å². The van der Waals surface area contributed by atoms with E-state index in [9.17, 15) is 4.39 Å². The van der Waals surface area contributed by atoms with Crippen LogP contribution in [0.25, 0.3) is 0 Å². The predicted octanol–water partition coefficient (Wildman–Crippen LogP) is 3.70. The fraction of sp³-hybridized carbons (Fsp3) is 0.571. The van der Waals surface area contributed by atoms with E-state index in [2.05, 4.69) is 18.5 Å². The van der Waals surface area contributed by atoms with E-state index < -0.39 is 0 Å². The summed E-state index contributed by atoms with van der Waals surface area (Å²) in [6.07, 6.45) is 7.95. The zero-order valence-electron chi connectivity index (χ0n) is 10.4. The van der Waals surface area contributed by atoms with Gasteiger partial charge in [-0.2, -0.15) is 0 Å². The van der Waals surface area contributed by atoms with Crippen LogP contribution < -0.4 is 0 Å². The van der Waals surface area contributed by atoms with Crippen LogP contribution in [0.15, 0.2) is 36.2 Å². The Bertz CT molecular complexity index is 283. The molecule has 0 radical (unpaired) electrons. The first-order valence-corrected chi connectivity index (χ1v) is 6.04. The standard InChI is InChI=1S/C14H22FN/c1-4-5-14(15)7-6-12(2)13-8-10-16(3)11-9-13/h5-7,13H,2,4,8-11H2,1,3H3/b7-6-,14-5+. The number of allylic oxidation sites excluding steroid dienone is 5. The van der Waals surface area contributed by atoms with Crippen molar-refractivity contribution < 1.29 is 4.39 Å². The quantitative estimate of drug-likeness (QED) is 0.657. The molecule has 0 saturated carbocycles. The Morgan fingerprint density at radius 2 is 2.00 bits per heavy atom. The summed E-state index contributed by atoms with van der Waals surface area (Å²) in [6, 6.07) is 0. The van der Waals surface area contributed by atoms with Crippen LogP contribution in [0.4, 0.5) is 4.39 Å². The first-order chi connectivity index (χ1) is 7.63. The number of likely N-dealkylation sites (tertiary alicyclic amines) is 1. The Morgan fingerprint density at radius 3 is 2.56 bits per heavy atom. The van der Waals surface area contributed by atoms with Crippen LogP contribution in [0.1, 0.15) is 26.2 Å². The molecule has 0 aliphatic carbocycles. The van der Waals surface area contributed by atoms with Crippen molar-refractivity contribution in [2.45, 2.75) is 26.2 Å². The summed E-state index contributed by atoms with van der Waals surface area (Å²) in [7, 11) is 2.14. The van der Waals surface area contributed by atoms with Crippen molar-refractivity contribution in [2.75, 3.05) is 20.1 Å². The number of hydrogen-bond donors (Lipinski definition) is 0. The molecule has 0 unspecified atom stereocenters. The van der Waals surface area contributed by atoms with Gasteiger partial charge >= 0.3 is 0 Å². The van der Waals surface area contributed by atoms with Gasteiger partial charge < -0.3 is 4.90 Å². The van der Waals surface area contributed by atoms with Crippen molar-refractivity contribution in [1.82, 2.24) is 4.90 Å². The molecular formula is C14H22FN. The van der Waals surface area contributed by atoms with Crippen molar-refractivity contribution >= 4 is 0 Å². The molecule has 90 valence electrons. The Morgan fingerprint density at radius 1 is 1.38 bits per heavy atom. The summed E-state index contributed by atoms with van der Waals surface area (Å²) < 4.78 is 13.1. The highest BCUT2D eigenvalue weighted by molar-refractivity contribution is 5.24. The van der Waals surface area contributed by atoms with E-state index in [1.54, 1.807) is 6.08 Å². The third-order valence-electron chi connectivity index (χ3n) is 3.10. The van der Waals surface area contributed by atoms with Crippen LogP contribution >= 0.6 is 0 Å². The third kappa shape index (κ3) is 4.31. The minimum atomic E-state index is -0.156. The average molecular weight is 223 g/mol. The lowest BCUT2D eigenvalue weighted by molar-refractivity contribution is 0.240. The highest BCUT2D eigenvalue weighted by Gasteiger charge is 2.17. The molecule has 1 fully saturated rings. The van der Waals surface area contributed by atoms with E-state index in [0.717, 1.165) is 37.9 Å². The van der Waals surface area contributed by atoms with Crippen LogP contribution in [0.3, 0.4) is 0 Å². The fourth-order valence-electron chi connectivity index (χ4n) is 1.97. The first kappa shape index (κ1) is 13.2. The molecule has 2 heteroatoms. The van der Waals surface area contributed by atoms with Crippen LogP contribution in [0, 0.1) is 5.92 Å². The van der Waals surface area contributed by atoms with Gasteiger partial charge in [0.15, 0.2) is 0 Å². The predicted molar refractivity (Wildman–Crippen MR) is 68.0 cm³/mol. The zero-order valence-corrected chi connectivity index (χ0v) is 10.4. The topological polar surface area (TPSA) is 3.24 Å². The Labute approximate surface area is 98.3 Å². The van der Waals surface area contributed by atoms with E-state index in [1.807, 2.05) is 13.0 Å². The minimum absolute atomic E-state index is 0.156. The smallest absolute Gasteiger partial charge is 0.119 e. The molecule has 0 aromatic heterocycles. The van der Waals surface area contributed by atoms with Gasteiger partial charge in [-0.25, -0.2) is 4.39 Å². The second-order valence-electron chi connectivity index (χ2n) is 4.48. The number of rotatable bonds is 4. The van der Waals surface area contributed by atoms with Crippen molar-refractivity contribution in [3.63, 3.8) is 0 Å². The maximum atomic E-state index is 13.1. The molecule has 0 aromatic carbocycles. The summed E-state index contributed by atoms with van der Waals surface area (Å²) in [4.78, 5) is 2.32. The van der Waals surface area contributed by atoms with Gasteiger partial charge in [0.25, 0.3) is 0 Å². The lowest BCUT2D eigenvalue weighted by atomic mass is 9.90. The van der Waals surface area contributed by atoms with Crippen LogP contribution in [-0.4, -0.2) is 25.0 Å². The summed E-state index contributed by atoms with van der Waals surface area (Å²) in [5.41, 5.74) is 1.06. The van der Waals surface area contributed by atoms with Gasteiger partial charge in [-0.15, -0.1) is 0 Å². The molecule has 0 atom stereocenters. The third-order valence-corrected chi connectivity index (χ3v) is 3.10. The number of hydrogen-bond acceptors (Lipinski definition) is 1. The van der Waals surface area contributed by atoms with Gasteiger partial charge in [0.05, 0.1) is 0 Å². The molecule has 0 N–H and O–H groups in total. The Kier molecular flexibility index (Phi) is 5.47. The molecule has 1 nitrogen and oxygen atoms in total. The van der Waals surface area contributed by atoms with Gasteiger partial charge in [-0.1, -0.05) is 25.2 Å². The number of piperidine rings is 1. The van der Waals surface area contributed by atoms with Crippen LogP contribution in [0.2, 0.25) is 0 Å². The summed E-state index contributed by atoms with van der Waals surface area (Å²) >= 11 is 0. The summed E-state index contributed by atoms with van der Waals surface area (Å²) in [6.45, 7) is 8.20. The van der Waals surface area contributed by atoms with E-state index >= 15 is 0 Å². The van der Waals surface area contributed by atoms with Gasteiger partial charge in [0.2, 0.25) is 0 Å². The second kappa shape index (κ2) is 6.64. The molecule has 1 heterocycles. The molecule has 1 saturated heterocycles. The highest BCUT2D eigenvalue weighted by atomic mass is 19.1. The first-order valence-electron chi connectivity index (χ1n) is 6.04. The van der Waals surface area contributed by atoms with Crippen molar-refractivity contribution in [1.29, 1.82) is 0 Å². The average Bonchev–Trinajstić information content (AvgIpc) is 2.27. The molecule has 0 bridgehead atoms. The van der Waals surface area contributed by atoms with E-state index in [-0.39, 0.29) is 5.83 Å². The zero-order chi connectivity index (χ0) is 12.0. The van der Waals surface area contributed by atoms with Crippen molar-refractivity contribution in [3.8, 4) is 0 Å². The van der Waals surface area contributed by atoms with Gasteiger partial charge in [-0.05, 0) is 57.5 Å². The van der Waals surface area contributed by atoms with Gasteiger partial charge in [0, 0.05) is 0 Å². The molecule has 1 aliphatic heterocycles. The Balaban J connectivity index is 2.43. The molecule has 1 aliphatic rings. The molecule has 16 heavy (non-hydrogen) atoms. The second-order valence-corrected chi connectivity index (χ2v) is 4.48. The van der Waals surface area contributed by atoms with E-state index in [4.69, 9.17) is 0 Å². The number of halogens is 1. The molecule has 0 spiro atoms. The fourth-order valence-corrected chi connectivity index (χ4v) is 1.97. The van der Waals surface area contributed by atoms with E-state index in [0.29, 0.717) is 5.92 Å². The molecule has 1 rings (SSSR count). The maximum absolute atomic E-state index is 13.1. The summed E-state index contributed by atoms with van der Waals surface area (Å²) in [5.74, 6) is 0.374. The molecule has 0 aromatic rings. The van der Waals surface area contributed by atoms with Gasteiger partial charge in [-0.3, -0.25) is 0 Å². The Hall–Kier alpha value is -0.890. The van der Waals surface area contributed by atoms with Crippen LogP contribution in [0.5, 0.6) is 0 Å². The largest absolute Gasteiger partial charge is 0.306 e. The summed E-state index contributed by atoms with van der Waals surface area (Å²) in [5, 5.41) is 0. The highest BCUT2D eigenvalue weighted by Crippen LogP contribution is 2.24. The SMILES string of the molecule is C=C(/C=C\C(F)=C/CC)C1CCN(C)CC1. The maximum Gasteiger partial charge on any atom is 0.119 e. The van der Waals surface area contributed by atoms with E-state index in [1.165, 1.54) is 6.08 Å². The normalized spacial score (nSPS) is 20.6. The van der Waals surface area contributed by atoms with Gasteiger partial charge in [0.1, 0.15) is 5.83 Å². The number of nitrogens with zero attached hydrogens (tertiary/aromatic N) is 1. The lowest BCUT2D eigenvalue weighted by Gasteiger charge is -2.29. The minimum Gasteiger partial charge on any atom is -0.306 e.